The number of carbonyl (C=O) groups is 3. The molecule has 2 fully saturated rings. The fraction of sp³-hybridized carbons (Fsp3) is 0.870. The summed E-state index contributed by atoms with van der Waals surface area (Å²) >= 11 is 0. The first-order valence-electron chi connectivity index (χ1n) is 12.1. The Hall–Kier alpha value is -1.79. The minimum absolute atomic E-state index is 0.0727. The molecule has 2 heterocycles. The molecule has 2 rings (SSSR count). The lowest BCUT2D eigenvalue weighted by molar-refractivity contribution is -0.144. The maximum atomic E-state index is 13.4. The minimum Gasteiger partial charge on any atom is -0.391 e. The van der Waals surface area contributed by atoms with Crippen LogP contribution in [-0.2, 0) is 19.1 Å². The van der Waals surface area contributed by atoms with Gasteiger partial charge >= 0.3 is 0 Å². The first-order valence-corrected chi connectivity index (χ1v) is 12.1. The zero-order valence-electron chi connectivity index (χ0n) is 20.5. The van der Waals surface area contributed by atoms with Gasteiger partial charge in [0, 0.05) is 59.1 Å². The number of rotatable bonds is 3. The van der Waals surface area contributed by atoms with Crippen LogP contribution in [0.25, 0.3) is 0 Å². The van der Waals surface area contributed by atoms with Crippen molar-refractivity contribution >= 4 is 17.7 Å². The van der Waals surface area contributed by atoms with E-state index in [4.69, 9.17) is 4.74 Å². The second-order valence-corrected chi connectivity index (χ2v) is 9.75. The molecule has 0 saturated carbocycles. The Kier molecular flexibility index (Phi) is 11.2. The fourth-order valence-electron chi connectivity index (χ4n) is 4.38. The maximum Gasteiger partial charge on any atom is 0.245 e. The number of hydrogen-bond donors (Lipinski definition) is 4. The van der Waals surface area contributed by atoms with Crippen LogP contribution < -0.4 is 0 Å². The van der Waals surface area contributed by atoms with E-state index in [1.54, 1.807) is 4.90 Å². The highest BCUT2D eigenvalue weighted by atomic mass is 16.5. The predicted octanol–water partition coefficient (Wildman–Crippen LogP) is -1.44. The summed E-state index contributed by atoms with van der Waals surface area (Å²) in [4.78, 5) is 42.6. The molecule has 0 aromatic heterocycles. The van der Waals surface area contributed by atoms with E-state index in [1.807, 2.05) is 13.8 Å². The second-order valence-electron chi connectivity index (χ2n) is 9.75. The van der Waals surface area contributed by atoms with Crippen molar-refractivity contribution in [3.63, 3.8) is 0 Å². The van der Waals surface area contributed by atoms with E-state index in [-0.39, 0.29) is 69.3 Å². The van der Waals surface area contributed by atoms with Gasteiger partial charge in [-0.2, -0.15) is 0 Å². The molecule has 3 amide bonds. The summed E-state index contributed by atoms with van der Waals surface area (Å²) in [6, 6.07) is -0.759. The molecule has 0 radical (unpaired) electrons. The van der Waals surface area contributed by atoms with E-state index in [9.17, 15) is 34.8 Å². The minimum atomic E-state index is -1.49. The first kappa shape index (κ1) is 28.4. The third-order valence-corrected chi connectivity index (χ3v) is 6.31. The van der Waals surface area contributed by atoms with E-state index in [0.717, 1.165) is 0 Å². The standard InChI is InChI=1S/C23H41N3O8/c1-15(2)10-21(31)25-8-7-24(23(33)18-11-17(28)12-26(18)16(3)27)6-4-5-9-34-14-20(30)22(32)19(29)13-25/h15,17-20,22,28-30,32H,4-14H2,1-3H3/t17-,18+,19+,20-,22-/m1/s1. The molecule has 2 aliphatic rings. The number of aliphatic hydroxyl groups is 4. The third-order valence-electron chi connectivity index (χ3n) is 6.31. The number of carbonyl (C=O) groups excluding carboxylic acids is 3. The molecule has 0 aliphatic carbocycles. The number of amides is 3. The molecule has 196 valence electrons. The summed E-state index contributed by atoms with van der Waals surface area (Å²) in [5, 5.41) is 40.9. The first-order chi connectivity index (χ1) is 16.0. The number of likely N-dealkylation sites (tertiary alicyclic amines) is 1. The van der Waals surface area contributed by atoms with Crippen molar-refractivity contribution in [1.82, 2.24) is 14.7 Å². The van der Waals surface area contributed by atoms with E-state index >= 15 is 0 Å². The van der Waals surface area contributed by atoms with Crippen LogP contribution in [0, 0.1) is 5.92 Å². The van der Waals surface area contributed by atoms with Crippen LogP contribution in [0.2, 0.25) is 0 Å². The van der Waals surface area contributed by atoms with Gasteiger partial charge in [0.25, 0.3) is 0 Å². The maximum absolute atomic E-state index is 13.4. The molecule has 0 spiro atoms. The van der Waals surface area contributed by atoms with E-state index in [2.05, 4.69) is 0 Å². The molecule has 0 unspecified atom stereocenters. The van der Waals surface area contributed by atoms with Gasteiger partial charge in [0.2, 0.25) is 17.7 Å². The van der Waals surface area contributed by atoms with Gasteiger partial charge < -0.3 is 39.9 Å². The molecule has 11 nitrogen and oxygen atoms in total. The molecule has 4 N–H and O–H groups in total. The summed E-state index contributed by atoms with van der Waals surface area (Å²) in [7, 11) is 0. The van der Waals surface area contributed by atoms with Gasteiger partial charge in [-0.3, -0.25) is 14.4 Å². The largest absolute Gasteiger partial charge is 0.391 e. The number of hydrogen-bond acceptors (Lipinski definition) is 8. The quantitative estimate of drug-likeness (QED) is 0.378. The Balaban J connectivity index is 2.21. The summed E-state index contributed by atoms with van der Waals surface area (Å²) < 4.78 is 5.40. The van der Waals surface area contributed by atoms with Gasteiger partial charge in [-0.05, 0) is 18.8 Å². The Morgan fingerprint density at radius 1 is 0.941 bits per heavy atom. The average Bonchev–Trinajstić information content (AvgIpc) is 3.16. The lowest BCUT2D eigenvalue weighted by Gasteiger charge is -2.34. The van der Waals surface area contributed by atoms with Crippen LogP contribution >= 0.6 is 0 Å². The lowest BCUT2D eigenvalue weighted by Crippen LogP contribution is -2.52. The molecule has 5 atom stereocenters. The zero-order chi connectivity index (χ0) is 25.4. The summed E-state index contributed by atoms with van der Waals surface area (Å²) in [6.45, 7) is 5.89. The van der Waals surface area contributed by atoms with Gasteiger partial charge in [-0.25, -0.2) is 0 Å². The Morgan fingerprint density at radius 2 is 1.62 bits per heavy atom. The Morgan fingerprint density at radius 3 is 2.26 bits per heavy atom. The van der Waals surface area contributed by atoms with Crippen molar-refractivity contribution in [2.75, 3.05) is 45.9 Å². The van der Waals surface area contributed by atoms with Crippen molar-refractivity contribution in [3.05, 3.63) is 0 Å². The summed E-state index contributed by atoms with van der Waals surface area (Å²) in [5.41, 5.74) is 0. The van der Waals surface area contributed by atoms with Gasteiger partial charge in [0.05, 0.1) is 12.7 Å². The average molecular weight is 488 g/mol. The van der Waals surface area contributed by atoms with Crippen molar-refractivity contribution < 1.29 is 39.5 Å². The molecule has 0 bridgehead atoms. The highest BCUT2D eigenvalue weighted by molar-refractivity contribution is 5.87. The predicted molar refractivity (Wildman–Crippen MR) is 122 cm³/mol. The van der Waals surface area contributed by atoms with Crippen LogP contribution in [0.4, 0.5) is 0 Å². The van der Waals surface area contributed by atoms with Crippen molar-refractivity contribution in [2.45, 2.75) is 76.9 Å². The highest BCUT2D eigenvalue weighted by Gasteiger charge is 2.39. The van der Waals surface area contributed by atoms with Crippen molar-refractivity contribution in [1.29, 1.82) is 0 Å². The summed E-state index contributed by atoms with van der Waals surface area (Å²) in [6.07, 6.45) is -3.34. The SMILES string of the molecule is CC(=O)N1C[C@H](O)C[C@H]1C(=O)N1CCCCOC[C@@H](O)[C@H](O)[C@@H](O)CN(C(=O)CC(C)C)CC1. The number of ether oxygens (including phenoxy) is 1. The van der Waals surface area contributed by atoms with Crippen LogP contribution in [0.15, 0.2) is 0 Å². The number of nitrogens with zero attached hydrogens (tertiary/aromatic N) is 3. The Labute approximate surface area is 201 Å². The molecule has 0 aromatic carbocycles. The van der Waals surface area contributed by atoms with Gasteiger partial charge in [0.1, 0.15) is 24.4 Å². The number of β-amino-alcohol motifs (C(OH)–C–C–N with tert-alkyl or cyclic N) is 2. The highest BCUT2D eigenvalue weighted by Crippen LogP contribution is 2.21. The van der Waals surface area contributed by atoms with Gasteiger partial charge in [-0.15, -0.1) is 0 Å². The lowest BCUT2D eigenvalue weighted by atomic mass is 10.1. The topological polar surface area (TPSA) is 151 Å². The zero-order valence-corrected chi connectivity index (χ0v) is 20.5. The Bertz CT molecular complexity index is 691. The van der Waals surface area contributed by atoms with E-state index < -0.39 is 30.5 Å². The summed E-state index contributed by atoms with van der Waals surface area (Å²) in [5.74, 6) is -0.724. The molecule has 0 aromatic rings. The smallest absolute Gasteiger partial charge is 0.245 e. The molecule has 2 saturated heterocycles. The molecule has 34 heavy (non-hydrogen) atoms. The fourth-order valence-corrected chi connectivity index (χ4v) is 4.38. The van der Waals surface area contributed by atoms with Crippen molar-refractivity contribution in [3.8, 4) is 0 Å². The molecular weight excluding hydrogens is 446 g/mol. The van der Waals surface area contributed by atoms with Crippen LogP contribution in [0.5, 0.6) is 0 Å². The second kappa shape index (κ2) is 13.3. The van der Waals surface area contributed by atoms with Crippen LogP contribution in [0.1, 0.15) is 46.5 Å². The third kappa shape index (κ3) is 8.16. The normalized spacial score (nSPS) is 30.4. The number of aliphatic hydroxyl groups excluding tert-OH is 4. The van der Waals surface area contributed by atoms with Crippen LogP contribution in [-0.4, -0.2) is 129 Å². The monoisotopic (exact) mass is 487 g/mol. The van der Waals surface area contributed by atoms with Crippen LogP contribution in [0.3, 0.4) is 0 Å². The molecule has 11 heteroatoms. The molecular formula is C23H41N3O8. The van der Waals surface area contributed by atoms with Gasteiger partial charge in [-0.1, -0.05) is 13.8 Å². The van der Waals surface area contributed by atoms with E-state index in [1.165, 1.54) is 16.7 Å². The van der Waals surface area contributed by atoms with Crippen molar-refractivity contribution in [2.24, 2.45) is 5.92 Å². The van der Waals surface area contributed by atoms with Gasteiger partial charge in [0.15, 0.2) is 0 Å². The van der Waals surface area contributed by atoms with E-state index in [0.29, 0.717) is 26.0 Å². The molecule has 2 aliphatic heterocycles.